The van der Waals surface area contributed by atoms with Gasteiger partial charge in [-0.05, 0) is 54.6 Å². The molecule has 4 rings (SSSR count). The second-order valence-corrected chi connectivity index (χ2v) is 6.50. The van der Waals surface area contributed by atoms with Crippen molar-refractivity contribution in [1.29, 1.82) is 5.26 Å². The molecule has 7 nitrogen and oxygen atoms in total. The molecule has 29 heavy (non-hydrogen) atoms. The Labute approximate surface area is 167 Å². The van der Waals surface area contributed by atoms with Crippen molar-refractivity contribution in [3.05, 3.63) is 83.8 Å². The zero-order valence-corrected chi connectivity index (χ0v) is 15.8. The summed E-state index contributed by atoms with van der Waals surface area (Å²) in [6.07, 6.45) is 1.63. The van der Waals surface area contributed by atoms with Crippen molar-refractivity contribution in [2.75, 3.05) is 10.6 Å². The second-order valence-electron chi connectivity index (χ2n) is 6.50. The number of rotatable bonds is 5. The van der Waals surface area contributed by atoms with Crippen LogP contribution in [0.15, 0.2) is 66.9 Å². The summed E-state index contributed by atoms with van der Waals surface area (Å²) < 4.78 is 1.99. The molecule has 2 heterocycles. The van der Waals surface area contributed by atoms with Gasteiger partial charge in [0.2, 0.25) is 0 Å². The molecule has 0 spiro atoms. The topological polar surface area (TPSA) is 95.6 Å². The molecular weight excluding hydrogens is 364 g/mol. The number of nitrogens with one attached hydrogen (secondary N) is 2. The molecule has 0 radical (unpaired) electrons. The van der Waals surface area contributed by atoms with Crippen LogP contribution < -0.4 is 10.6 Å². The predicted octanol–water partition coefficient (Wildman–Crippen LogP) is 3.70. The third-order valence-electron chi connectivity index (χ3n) is 4.61. The van der Waals surface area contributed by atoms with Gasteiger partial charge in [-0.15, -0.1) is 0 Å². The van der Waals surface area contributed by atoms with E-state index in [-0.39, 0.29) is 5.91 Å². The van der Waals surface area contributed by atoms with Gasteiger partial charge in [0.15, 0.2) is 0 Å². The van der Waals surface area contributed by atoms with Crippen LogP contribution in [-0.4, -0.2) is 20.4 Å². The fourth-order valence-corrected chi connectivity index (χ4v) is 3.02. The lowest BCUT2D eigenvalue weighted by Crippen LogP contribution is -2.12. The summed E-state index contributed by atoms with van der Waals surface area (Å²) >= 11 is 0. The molecule has 2 N–H and O–H groups in total. The number of nitriles is 1. The number of hydrogen-bond acceptors (Lipinski definition) is 5. The largest absolute Gasteiger partial charge is 0.378 e. The maximum atomic E-state index is 12.5. The lowest BCUT2D eigenvalue weighted by molar-refractivity contribution is 0.102. The van der Waals surface area contributed by atoms with E-state index in [1.165, 1.54) is 0 Å². The summed E-state index contributed by atoms with van der Waals surface area (Å²) in [5.41, 5.74) is 3.74. The fourth-order valence-electron chi connectivity index (χ4n) is 3.02. The van der Waals surface area contributed by atoms with Crippen molar-refractivity contribution >= 4 is 28.4 Å². The maximum absolute atomic E-state index is 12.5. The number of fused-ring (bicyclic) bond motifs is 1. The summed E-state index contributed by atoms with van der Waals surface area (Å²) in [7, 11) is 1.94. The van der Waals surface area contributed by atoms with Crippen LogP contribution in [0.2, 0.25) is 0 Å². The van der Waals surface area contributed by atoms with Crippen LogP contribution in [0.4, 0.5) is 11.5 Å². The van der Waals surface area contributed by atoms with Gasteiger partial charge in [-0.1, -0.05) is 6.07 Å². The molecule has 4 aromatic rings. The van der Waals surface area contributed by atoms with Gasteiger partial charge >= 0.3 is 0 Å². The molecule has 7 heteroatoms. The Bertz CT molecular complexity index is 1210. The molecule has 142 valence electrons. The molecule has 2 aromatic heterocycles. The standard InChI is InChI=1S/C22H18N6O/c1-28-19-10-7-16(22(29)27-20-4-2-3-11-24-20)12-18(19)26-21(28)14-25-17-8-5-15(13-23)6-9-17/h2-12,25H,14H2,1H3,(H,24,27,29). The SMILES string of the molecule is Cn1c(CNc2ccc(C#N)cc2)nc2cc(C(=O)Nc3ccccn3)ccc21. The number of anilines is 2. The highest BCUT2D eigenvalue weighted by atomic mass is 16.1. The summed E-state index contributed by atoms with van der Waals surface area (Å²) in [6, 6.07) is 20.2. The summed E-state index contributed by atoms with van der Waals surface area (Å²) in [5, 5.41) is 15.0. The number of aromatic nitrogens is 3. The molecule has 0 atom stereocenters. The van der Waals surface area contributed by atoms with Crippen LogP contribution in [0.3, 0.4) is 0 Å². The Kier molecular flexibility index (Phi) is 4.91. The average Bonchev–Trinajstić information content (AvgIpc) is 3.08. The zero-order chi connectivity index (χ0) is 20.2. The molecule has 0 aliphatic rings. The van der Waals surface area contributed by atoms with Crippen LogP contribution in [0, 0.1) is 11.3 Å². The molecule has 0 aliphatic carbocycles. The van der Waals surface area contributed by atoms with Crippen molar-refractivity contribution < 1.29 is 4.79 Å². The van der Waals surface area contributed by atoms with Crippen LogP contribution >= 0.6 is 0 Å². The lowest BCUT2D eigenvalue weighted by Gasteiger charge is -2.06. The molecule has 0 aliphatic heterocycles. The molecule has 0 fully saturated rings. The Morgan fingerprint density at radius 1 is 1.14 bits per heavy atom. The maximum Gasteiger partial charge on any atom is 0.256 e. The van der Waals surface area contributed by atoms with Gasteiger partial charge in [0, 0.05) is 24.5 Å². The van der Waals surface area contributed by atoms with Crippen molar-refractivity contribution in [2.45, 2.75) is 6.54 Å². The quantitative estimate of drug-likeness (QED) is 0.549. The number of carbonyl (C=O) groups is 1. The van der Waals surface area contributed by atoms with Gasteiger partial charge in [0.25, 0.3) is 5.91 Å². The van der Waals surface area contributed by atoms with Gasteiger partial charge in [0.1, 0.15) is 11.6 Å². The molecule has 0 saturated carbocycles. The van der Waals surface area contributed by atoms with E-state index in [4.69, 9.17) is 5.26 Å². The first-order valence-corrected chi connectivity index (χ1v) is 9.06. The Balaban J connectivity index is 1.52. The lowest BCUT2D eigenvalue weighted by atomic mass is 10.2. The first kappa shape index (κ1) is 18.2. The molecule has 1 amide bonds. The highest BCUT2D eigenvalue weighted by Gasteiger charge is 2.12. The molecule has 0 saturated heterocycles. The van der Waals surface area contributed by atoms with E-state index in [1.807, 2.05) is 35.9 Å². The number of benzene rings is 2. The minimum atomic E-state index is -0.228. The van der Waals surface area contributed by atoms with Gasteiger partial charge < -0.3 is 15.2 Å². The van der Waals surface area contributed by atoms with E-state index >= 15 is 0 Å². The van der Waals surface area contributed by atoms with Crippen LogP contribution in [0.1, 0.15) is 21.7 Å². The van der Waals surface area contributed by atoms with Crippen molar-refractivity contribution in [3.63, 3.8) is 0 Å². The summed E-state index contributed by atoms with van der Waals surface area (Å²) in [5.74, 6) is 1.12. The number of aryl methyl sites for hydroxylation is 1. The monoisotopic (exact) mass is 382 g/mol. The zero-order valence-electron chi connectivity index (χ0n) is 15.8. The highest BCUT2D eigenvalue weighted by molar-refractivity contribution is 6.05. The number of imidazole rings is 1. The van der Waals surface area contributed by atoms with Gasteiger partial charge in [-0.25, -0.2) is 9.97 Å². The van der Waals surface area contributed by atoms with E-state index in [2.05, 4.69) is 26.7 Å². The number of nitrogens with zero attached hydrogens (tertiary/aromatic N) is 4. The highest BCUT2D eigenvalue weighted by Crippen LogP contribution is 2.19. The molecule has 0 unspecified atom stereocenters. The number of pyridine rings is 1. The van der Waals surface area contributed by atoms with Crippen molar-refractivity contribution in [2.24, 2.45) is 7.05 Å². The second kappa shape index (κ2) is 7.82. The smallest absolute Gasteiger partial charge is 0.256 e. The number of hydrogen-bond donors (Lipinski definition) is 2. The molecule has 0 bridgehead atoms. The summed E-state index contributed by atoms with van der Waals surface area (Å²) in [4.78, 5) is 21.3. The van der Waals surface area contributed by atoms with E-state index in [1.54, 1.807) is 42.6 Å². The van der Waals surface area contributed by atoms with E-state index in [0.717, 1.165) is 22.5 Å². The van der Waals surface area contributed by atoms with Crippen molar-refractivity contribution in [3.8, 4) is 6.07 Å². The van der Waals surface area contributed by atoms with Crippen LogP contribution in [0.25, 0.3) is 11.0 Å². The van der Waals surface area contributed by atoms with Crippen molar-refractivity contribution in [1.82, 2.24) is 14.5 Å². The summed E-state index contributed by atoms with van der Waals surface area (Å²) in [6.45, 7) is 0.520. The number of amides is 1. The molecule has 2 aromatic carbocycles. The fraction of sp³-hybridized carbons (Fsp3) is 0.0909. The van der Waals surface area contributed by atoms with Gasteiger partial charge in [-0.3, -0.25) is 4.79 Å². The van der Waals surface area contributed by atoms with Gasteiger partial charge in [0.05, 0.1) is 29.2 Å². The van der Waals surface area contributed by atoms with E-state index in [9.17, 15) is 4.79 Å². The predicted molar refractivity (Wildman–Crippen MR) is 111 cm³/mol. The Morgan fingerprint density at radius 3 is 2.69 bits per heavy atom. The van der Waals surface area contributed by atoms with Gasteiger partial charge in [-0.2, -0.15) is 5.26 Å². The Hall–Kier alpha value is -4.18. The first-order chi connectivity index (χ1) is 14.1. The van der Waals surface area contributed by atoms with E-state index < -0.39 is 0 Å². The molecular formula is C22H18N6O. The average molecular weight is 382 g/mol. The first-order valence-electron chi connectivity index (χ1n) is 9.06. The minimum Gasteiger partial charge on any atom is -0.378 e. The number of carbonyl (C=O) groups excluding carboxylic acids is 1. The Morgan fingerprint density at radius 2 is 1.97 bits per heavy atom. The van der Waals surface area contributed by atoms with Crippen LogP contribution in [0.5, 0.6) is 0 Å². The third-order valence-corrected chi connectivity index (χ3v) is 4.61. The minimum absolute atomic E-state index is 0.228. The normalized spacial score (nSPS) is 10.5. The third kappa shape index (κ3) is 3.92. The van der Waals surface area contributed by atoms with E-state index in [0.29, 0.717) is 23.5 Å². The van der Waals surface area contributed by atoms with Crippen LogP contribution in [-0.2, 0) is 13.6 Å².